The smallest absolute Gasteiger partial charge is 0.141 e. The Kier molecular flexibility index (Phi) is 3.29. The van der Waals surface area contributed by atoms with Gasteiger partial charge in [0.15, 0.2) is 0 Å². The standard InChI is InChI=1S/C15H18N6S/c1-10-11(2)22-15-13(10)14(17-8-18-15)21-5-3-4-12(21)6-20-9-16-7-19-20/h7-9,12H,3-6H2,1-2H3. The zero-order valence-electron chi connectivity index (χ0n) is 12.7. The molecule has 0 amide bonds. The van der Waals surface area contributed by atoms with Crippen molar-refractivity contribution in [3.63, 3.8) is 0 Å². The molecule has 0 N–H and O–H groups in total. The van der Waals surface area contributed by atoms with Gasteiger partial charge >= 0.3 is 0 Å². The minimum atomic E-state index is 0.416. The fourth-order valence-electron chi connectivity index (χ4n) is 3.23. The molecule has 4 heterocycles. The van der Waals surface area contributed by atoms with Crippen LogP contribution < -0.4 is 4.90 Å². The summed E-state index contributed by atoms with van der Waals surface area (Å²) in [6.07, 6.45) is 7.42. The van der Waals surface area contributed by atoms with Gasteiger partial charge in [0.25, 0.3) is 0 Å². The van der Waals surface area contributed by atoms with Crippen LogP contribution in [0.3, 0.4) is 0 Å². The van der Waals surface area contributed by atoms with Gasteiger partial charge in [-0.05, 0) is 32.3 Å². The molecule has 4 rings (SSSR count). The van der Waals surface area contributed by atoms with Crippen molar-refractivity contribution in [2.75, 3.05) is 11.4 Å². The van der Waals surface area contributed by atoms with Crippen LogP contribution >= 0.6 is 11.3 Å². The minimum absolute atomic E-state index is 0.416. The van der Waals surface area contributed by atoms with E-state index >= 15 is 0 Å². The lowest BCUT2D eigenvalue weighted by atomic mass is 10.2. The summed E-state index contributed by atoms with van der Waals surface area (Å²) in [7, 11) is 0. The van der Waals surface area contributed by atoms with Gasteiger partial charge in [-0.25, -0.2) is 15.0 Å². The van der Waals surface area contributed by atoms with Gasteiger partial charge in [0.05, 0.1) is 18.0 Å². The van der Waals surface area contributed by atoms with Gasteiger partial charge in [-0.15, -0.1) is 11.3 Å². The van der Waals surface area contributed by atoms with Crippen molar-refractivity contribution in [3.8, 4) is 0 Å². The molecule has 1 atom stereocenters. The summed E-state index contributed by atoms with van der Waals surface area (Å²) in [4.78, 5) is 17.9. The molecule has 0 aliphatic carbocycles. The molecule has 0 bridgehead atoms. The monoisotopic (exact) mass is 314 g/mol. The summed E-state index contributed by atoms with van der Waals surface area (Å²) in [5, 5.41) is 5.46. The molecular weight excluding hydrogens is 296 g/mol. The molecule has 0 aromatic carbocycles. The number of anilines is 1. The average molecular weight is 314 g/mol. The molecule has 1 fully saturated rings. The van der Waals surface area contributed by atoms with Gasteiger partial charge < -0.3 is 4.90 Å². The number of aryl methyl sites for hydroxylation is 2. The molecule has 7 heteroatoms. The van der Waals surface area contributed by atoms with Crippen LogP contribution in [0.1, 0.15) is 23.3 Å². The van der Waals surface area contributed by atoms with Crippen LogP contribution in [0.4, 0.5) is 5.82 Å². The van der Waals surface area contributed by atoms with Crippen LogP contribution in [-0.2, 0) is 6.54 Å². The van der Waals surface area contributed by atoms with Crippen molar-refractivity contribution in [1.29, 1.82) is 0 Å². The van der Waals surface area contributed by atoms with E-state index in [9.17, 15) is 0 Å². The maximum absolute atomic E-state index is 4.62. The number of thiophene rings is 1. The molecule has 0 saturated carbocycles. The maximum atomic E-state index is 4.62. The summed E-state index contributed by atoms with van der Waals surface area (Å²) < 4.78 is 1.91. The molecule has 0 spiro atoms. The lowest BCUT2D eigenvalue weighted by molar-refractivity contribution is 0.507. The Balaban J connectivity index is 1.74. The van der Waals surface area contributed by atoms with E-state index < -0.39 is 0 Å². The topological polar surface area (TPSA) is 59.7 Å². The van der Waals surface area contributed by atoms with E-state index in [4.69, 9.17) is 0 Å². The first-order valence-electron chi connectivity index (χ1n) is 7.54. The SMILES string of the molecule is Cc1sc2ncnc(N3CCCC3Cn3cncn3)c2c1C. The lowest BCUT2D eigenvalue weighted by Crippen LogP contribution is -2.34. The summed E-state index contributed by atoms with van der Waals surface area (Å²) in [6, 6.07) is 0.416. The molecule has 1 saturated heterocycles. The number of rotatable bonds is 3. The molecule has 1 unspecified atom stereocenters. The number of hydrogen-bond acceptors (Lipinski definition) is 6. The van der Waals surface area contributed by atoms with Gasteiger partial charge in [-0.2, -0.15) is 5.10 Å². The zero-order chi connectivity index (χ0) is 15.1. The van der Waals surface area contributed by atoms with Crippen LogP contribution in [0.15, 0.2) is 19.0 Å². The molecule has 3 aromatic rings. The fraction of sp³-hybridized carbons (Fsp3) is 0.467. The summed E-state index contributed by atoms with van der Waals surface area (Å²) in [5.41, 5.74) is 1.31. The van der Waals surface area contributed by atoms with Crippen molar-refractivity contribution >= 4 is 27.4 Å². The summed E-state index contributed by atoms with van der Waals surface area (Å²) in [6.45, 7) is 6.22. The molecule has 3 aromatic heterocycles. The average Bonchev–Trinajstić information content (AvgIpc) is 3.23. The van der Waals surface area contributed by atoms with E-state index in [-0.39, 0.29) is 0 Å². The maximum Gasteiger partial charge on any atom is 0.141 e. The van der Waals surface area contributed by atoms with E-state index in [2.05, 4.69) is 38.8 Å². The summed E-state index contributed by atoms with van der Waals surface area (Å²) in [5.74, 6) is 1.08. The Hall–Kier alpha value is -2.02. The second-order valence-electron chi connectivity index (χ2n) is 5.77. The first-order valence-corrected chi connectivity index (χ1v) is 8.35. The van der Waals surface area contributed by atoms with Gasteiger partial charge in [0, 0.05) is 11.4 Å². The second-order valence-corrected chi connectivity index (χ2v) is 6.97. The van der Waals surface area contributed by atoms with Crippen molar-refractivity contribution in [3.05, 3.63) is 29.4 Å². The Morgan fingerprint density at radius 1 is 1.27 bits per heavy atom. The first kappa shape index (κ1) is 13.6. The third kappa shape index (κ3) is 2.16. The van der Waals surface area contributed by atoms with Crippen LogP contribution in [0, 0.1) is 13.8 Å². The number of nitrogens with zero attached hydrogens (tertiary/aromatic N) is 6. The minimum Gasteiger partial charge on any atom is -0.351 e. The molecule has 1 aliphatic heterocycles. The third-order valence-corrected chi connectivity index (χ3v) is 5.57. The second kappa shape index (κ2) is 5.31. The van der Waals surface area contributed by atoms with Gasteiger partial charge in [-0.3, -0.25) is 4.68 Å². The predicted octanol–water partition coefficient (Wildman–Crippen LogP) is 2.57. The molecular formula is C15H18N6S. The quantitative estimate of drug-likeness (QED) is 0.743. The highest BCUT2D eigenvalue weighted by atomic mass is 32.1. The van der Waals surface area contributed by atoms with Crippen LogP contribution in [0.2, 0.25) is 0 Å². The molecule has 114 valence electrons. The van der Waals surface area contributed by atoms with Crippen molar-refractivity contribution < 1.29 is 0 Å². The number of aromatic nitrogens is 5. The molecule has 0 radical (unpaired) electrons. The molecule has 22 heavy (non-hydrogen) atoms. The number of hydrogen-bond donors (Lipinski definition) is 0. The van der Waals surface area contributed by atoms with Gasteiger partial charge in [0.1, 0.15) is 29.6 Å². The Morgan fingerprint density at radius 2 is 2.18 bits per heavy atom. The van der Waals surface area contributed by atoms with Crippen LogP contribution in [-0.4, -0.2) is 37.3 Å². The van der Waals surface area contributed by atoms with Crippen LogP contribution in [0.25, 0.3) is 10.2 Å². The third-order valence-electron chi connectivity index (χ3n) is 4.46. The highest BCUT2D eigenvalue weighted by Crippen LogP contribution is 2.36. The van der Waals surface area contributed by atoms with Crippen molar-refractivity contribution in [2.24, 2.45) is 0 Å². The first-order chi connectivity index (χ1) is 10.7. The highest BCUT2D eigenvalue weighted by Gasteiger charge is 2.28. The fourth-order valence-corrected chi connectivity index (χ4v) is 4.22. The van der Waals surface area contributed by atoms with Gasteiger partial charge in [0.2, 0.25) is 0 Å². The Bertz CT molecular complexity index is 794. The number of fused-ring (bicyclic) bond motifs is 1. The van der Waals surface area contributed by atoms with Crippen LogP contribution in [0.5, 0.6) is 0 Å². The Morgan fingerprint density at radius 3 is 3.00 bits per heavy atom. The van der Waals surface area contributed by atoms with E-state index in [1.165, 1.54) is 22.2 Å². The molecule has 6 nitrogen and oxygen atoms in total. The summed E-state index contributed by atoms with van der Waals surface area (Å²) >= 11 is 1.75. The van der Waals surface area contributed by atoms with Crippen molar-refractivity contribution in [2.45, 2.75) is 39.3 Å². The van der Waals surface area contributed by atoms with Crippen molar-refractivity contribution in [1.82, 2.24) is 24.7 Å². The predicted molar refractivity (Wildman–Crippen MR) is 87.3 cm³/mol. The molecule has 1 aliphatic rings. The Labute approximate surface area is 132 Å². The normalized spacial score (nSPS) is 18.5. The zero-order valence-corrected chi connectivity index (χ0v) is 13.5. The van der Waals surface area contributed by atoms with E-state index in [0.29, 0.717) is 6.04 Å². The van der Waals surface area contributed by atoms with Gasteiger partial charge in [-0.1, -0.05) is 0 Å². The largest absolute Gasteiger partial charge is 0.351 e. The van der Waals surface area contributed by atoms with E-state index in [1.807, 2.05) is 4.68 Å². The highest BCUT2D eigenvalue weighted by molar-refractivity contribution is 7.18. The van der Waals surface area contributed by atoms with E-state index in [0.717, 1.165) is 30.2 Å². The lowest BCUT2D eigenvalue weighted by Gasteiger charge is -2.26. The van der Waals surface area contributed by atoms with E-state index in [1.54, 1.807) is 30.3 Å².